The molecule has 0 bridgehead atoms. The SMILES string of the molecule is CCCNC(=S)NC(CC)(CC)CC. The van der Waals surface area contributed by atoms with Gasteiger partial charge in [-0.15, -0.1) is 0 Å². The van der Waals surface area contributed by atoms with Gasteiger partial charge in [-0.05, 0) is 37.9 Å². The number of rotatable bonds is 6. The van der Waals surface area contributed by atoms with Crippen LogP contribution < -0.4 is 10.6 Å². The Kier molecular flexibility index (Phi) is 6.89. The highest BCUT2D eigenvalue weighted by molar-refractivity contribution is 7.80. The lowest BCUT2D eigenvalue weighted by molar-refractivity contribution is 0.338. The molecule has 0 saturated heterocycles. The van der Waals surface area contributed by atoms with Crippen molar-refractivity contribution in [2.24, 2.45) is 0 Å². The average molecular weight is 216 g/mol. The molecule has 2 nitrogen and oxygen atoms in total. The first-order chi connectivity index (χ1) is 6.64. The van der Waals surface area contributed by atoms with Gasteiger partial charge in [-0.3, -0.25) is 0 Å². The van der Waals surface area contributed by atoms with Crippen molar-refractivity contribution in [2.45, 2.75) is 58.9 Å². The van der Waals surface area contributed by atoms with Gasteiger partial charge in [-0.2, -0.15) is 0 Å². The Morgan fingerprint density at radius 1 is 1.07 bits per heavy atom. The van der Waals surface area contributed by atoms with Gasteiger partial charge in [0.2, 0.25) is 0 Å². The molecule has 0 unspecified atom stereocenters. The molecule has 0 radical (unpaired) electrons. The van der Waals surface area contributed by atoms with Crippen molar-refractivity contribution in [1.29, 1.82) is 0 Å². The standard InChI is InChI=1S/C11H24N2S/c1-5-9-12-10(14)13-11(6-2,7-3)8-4/h5-9H2,1-4H3,(H2,12,13,14). The van der Waals surface area contributed by atoms with Crippen LogP contribution in [0.25, 0.3) is 0 Å². The molecule has 3 heteroatoms. The van der Waals surface area contributed by atoms with Crippen molar-refractivity contribution in [3.8, 4) is 0 Å². The second kappa shape index (κ2) is 7.04. The maximum absolute atomic E-state index is 5.24. The van der Waals surface area contributed by atoms with Gasteiger partial charge < -0.3 is 10.6 Å². The van der Waals surface area contributed by atoms with E-state index < -0.39 is 0 Å². The maximum atomic E-state index is 5.24. The number of hydrogen-bond acceptors (Lipinski definition) is 1. The predicted molar refractivity (Wildman–Crippen MR) is 67.6 cm³/mol. The summed E-state index contributed by atoms with van der Waals surface area (Å²) < 4.78 is 0. The molecule has 0 spiro atoms. The predicted octanol–water partition coefficient (Wildman–Crippen LogP) is 2.83. The first kappa shape index (κ1) is 13.7. The molecule has 84 valence electrons. The maximum Gasteiger partial charge on any atom is 0.166 e. The van der Waals surface area contributed by atoms with Gasteiger partial charge in [0.1, 0.15) is 0 Å². The summed E-state index contributed by atoms with van der Waals surface area (Å²) in [5.74, 6) is 0. The Morgan fingerprint density at radius 2 is 1.57 bits per heavy atom. The molecule has 14 heavy (non-hydrogen) atoms. The van der Waals surface area contributed by atoms with E-state index in [0.717, 1.165) is 37.3 Å². The van der Waals surface area contributed by atoms with Gasteiger partial charge in [0.25, 0.3) is 0 Å². The van der Waals surface area contributed by atoms with Gasteiger partial charge in [-0.25, -0.2) is 0 Å². The smallest absolute Gasteiger partial charge is 0.166 e. The Hall–Kier alpha value is -0.310. The van der Waals surface area contributed by atoms with Crippen molar-refractivity contribution in [1.82, 2.24) is 10.6 Å². The zero-order valence-electron chi connectivity index (χ0n) is 9.94. The fourth-order valence-electron chi connectivity index (χ4n) is 1.54. The lowest BCUT2D eigenvalue weighted by Crippen LogP contribution is -2.51. The molecule has 0 fully saturated rings. The van der Waals surface area contributed by atoms with Crippen LogP contribution in [-0.4, -0.2) is 17.2 Å². The molecule has 0 amide bonds. The molecule has 0 aliphatic carbocycles. The van der Waals surface area contributed by atoms with Gasteiger partial charge in [0.15, 0.2) is 5.11 Å². The molecule has 2 N–H and O–H groups in total. The molecule has 0 heterocycles. The monoisotopic (exact) mass is 216 g/mol. The fraction of sp³-hybridized carbons (Fsp3) is 0.909. The quantitative estimate of drug-likeness (QED) is 0.668. The van der Waals surface area contributed by atoms with Crippen molar-refractivity contribution < 1.29 is 0 Å². The van der Waals surface area contributed by atoms with Crippen molar-refractivity contribution in [3.05, 3.63) is 0 Å². The lowest BCUT2D eigenvalue weighted by Gasteiger charge is -2.33. The molecular formula is C11H24N2S. The van der Waals surface area contributed by atoms with Crippen LogP contribution in [0.15, 0.2) is 0 Å². The molecule has 0 atom stereocenters. The number of nitrogens with one attached hydrogen (secondary N) is 2. The zero-order valence-corrected chi connectivity index (χ0v) is 10.8. The Labute approximate surface area is 93.8 Å². The second-order valence-electron chi connectivity index (χ2n) is 3.72. The lowest BCUT2D eigenvalue weighted by atomic mass is 9.90. The van der Waals surface area contributed by atoms with E-state index in [1.807, 2.05) is 0 Å². The number of hydrogen-bond donors (Lipinski definition) is 2. The van der Waals surface area contributed by atoms with Crippen LogP contribution in [0.1, 0.15) is 53.4 Å². The van der Waals surface area contributed by atoms with E-state index in [-0.39, 0.29) is 5.54 Å². The second-order valence-corrected chi connectivity index (χ2v) is 4.13. The van der Waals surface area contributed by atoms with E-state index in [0.29, 0.717) is 0 Å². The van der Waals surface area contributed by atoms with Gasteiger partial charge in [-0.1, -0.05) is 27.7 Å². The minimum Gasteiger partial charge on any atom is -0.363 e. The van der Waals surface area contributed by atoms with E-state index >= 15 is 0 Å². The van der Waals surface area contributed by atoms with E-state index in [4.69, 9.17) is 12.2 Å². The van der Waals surface area contributed by atoms with Crippen molar-refractivity contribution in [2.75, 3.05) is 6.54 Å². The molecule has 0 aliphatic rings. The van der Waals surface area contributed by atoms with Crippen LogP contribution in [0.2, 0.25) is 0 Å². The normalized spacial score (nSPS) is 11.1. The summed E-state index contributed by atoms with van der Waals surface area (Å²) in [5.41, 5.74) is 0.192. The van der Waals surface area contributed by atoms with E-state index in [9.17, 15) is 0 Å². The minimum atomic E-state index is 0.192. The van der Waals surface area contributed by atoms with Crippen LogP contribution >= 0.6 is 12.2 Å². The fourth-order valence-corrected chi connectivity index (χ4v) is 1.86. The van der Waals surface area contributed by atoms with Crippen molar-refractivity contribution in [3.63, 3.8) is 0 Å². The summed E-state index contributed by atoms with van der Waals surface area (Å²) in [6, 6.07) is 0. The third-order valence-electron chi connectivity index (χ3n) is 2.94. The molecule has 0 aromatic heterocycles. The van der Waals surface area contributed by atoms with Crippen LogP contribution in [0, 0.1) is 0 Å². The third-order valence-corrected chi connectivity index (χ3v) is 3.19. The summed E-state index contributed by atoms with van der Waals surface area (Å²) in [5, 5.41) is 7.45. The van der Waals surface area contributed by atoms with Gasteiger partial charge >= 0.3 is 0 Å². The molecule has 0 saturated carbocycles. The summed E-state index contributed by atoms with van der Waals surface area (Å²) >= 11 is 5.24. The zero-order chi connectivity index (χ0) is 11.0. The third kappa shape index (κ3) is 4.27. The van der Waals surface area contributed by atoms with Crippen LogP contribution in [0.5, 0.6) is 0 Å². The van der Waals surface area contributed by atoms with Gasteiger partial charge in [0, 0.05) is 12.1 Å². The van der Waals surface area contributed by atoms with E-state index in [2.05, 4.69) is 38.3 Å². The highest BCUT2D eigenvalue weighted by atomic mass is 32.1. The molecule has 0 rings (SSSR count). The summed E-state index contributed by atoms with van der Waals surface area (Å²) in [7, 11) is 0. The number of thiocarbonyl (C=S) groups is 1. The highest BCUT2D eigenvalue weighted by Crippen LogP contribution is 2.18. The molecular weight excluding hydrogens is 192 g/mol. The summed E-state index contributed by atoms with van der Waals surface area (Å²) in [6.45, 7) is 9.73. The van der Waals surface area contributed by atoms with E-state index in [1.54, 1.807) is 0 Å². The topological polar surface area (TPSA) is 24.1 Å². The highest BCUT2D eigenvalue weighted by Gasteiger charge is 2.23. The molecule has 0 aromatic carbocycles. The van der Waals surface area contributed by atoms with E-state index in [1.165, 1.54) is 0 Å². The van der Waals surface area contributed by atoms with Crippen LogP contribution in [-0.2, 0) is 0 Å². The first-order valence-corrected chi connectivity index (χ1v) is 6.11. The Balaban J connectivity index is 4.08. The Morgan fingerprint density at radius 3 is 1.93 bits per heavy atom. The first-order valence-electron chi connectivity index (χ1n) is 5.70. The van der Waals surface area contributed by atoms with Gasteiger partial charge in [0.05, 0.1) is 0 Å². The van der Waals surface area contributed by atoms with Crippen LogP contribution in [0.3, 0.4) is 0 Å². The Bertz CT molecular complexity index is 156. The largest absolute Gasteiger partial charge is 0.363 e. The summed E-state index contributed by atoms with van der Waals surface area (Å²) in [4.78, 5) is 0. The molecule has 0 aliphatic heterocycles. The van der Waals surface area contributed by atoms with Crippen LogP contribution in [0.4, 0.5) is 0 Å². The average Bonchev–Trinajstić information content (AvgIpc) is 2.23. The molecule has 0 aromatic rings. The van der Waals surface area contributed by atoms with Crippen molar-refractivity contribution >= 4 is 17.3 Å². The summed E-state index contributed by atoms with van der Waals surface area (Å²) in [6.07, 6.45) is 4.47. The minimum absolute atomic E-state index is 0.192.